The molecule has 0 amide bonds. The maximum absolute atomic E-state index is 11.0. The van der Waals surface area contributed by atoms with Crippen LogP contribution in [0.1, 0.15) is 111 Å². The average molecular weight is 453 g/mol. The minimum atomic E-state index is -1.23. The van der Waals surface area contributed by atoms with Gasteiger partial charge >= 0.3 is 35.5 Å². The molecule has 6 nitrogen and oxygen atoms in total. The quantitative estimate of drug-likeness (QED) is 0.140. The number of hydrogen-bond donors (Lipinski definition) is 2. The van der Waals surface area contributed by atoms with Crippen LogP contribution in [-0.4, -0.2) is 34.9 Å². The van der Waals surface area contributed by atoms with E-state index in [0.29, 0.717) is 0 Å². The van der Waals surface area contributed by atoms with Crippen molar-refractivity contribution in [2.45, 2.75) is 117 Å². The summed E-state index contributed by atoms with van der Waals surface area (Å²) in [6.07, 6.45) is 16.2. The molecule has 31 heavy (non-hydrogen) atoms. The van der Waals surface area contributed by atoms with Gasteiger partial charge in [-0.15, -0.1) is 0 Å². The number of aliphatic hydroxyl groups excluding tert-OH is 2. The first-order chi connectivity index (χ1) is 14.4. The monoisotopic (exact) mass is 452 g/mol. The van der Waals surface area contributed by atoms with Gasteiger partial charge in [0, 0.05) is 18.5 Å². The van der Waals surface area contributed by atoms with E-state index in [0.717, 1.165) is 32.1 Å². The van der Waals surface area contributed by atoms with Crippen LogP contribution in [0.25, 0.3) is 0 Å². The van der Waals surface area contributed by atoms with Gasteiger partial charge in [0.1, 0.15) is 0 Å². The van der Waals surface area contributed by atoms with Gasteiger partial charge in [-0.3, -0.25) is 4.79 Å². The predicted octanol–water partition coefficient (Wildman–Crippen LogP) is 1.27. The van der Waals surface area contributed by atoms with Crippen LogP contribution in [0, 0.1) is 5.92 Å². The van der Waals surface area contributed by atoms with Gasteiger partial charge in [0.05, 0.1) is 18.8 Å². The molecule has 2 N–H and O–H groups in total. The molecule has 0 radical (unpaired) electrons. The summed E-state index contributed by atoms with van der Waals surface area (Å²) >= 11 is 0. The van der Waals surface area contributed by atoms with Gasteiger partial charge in [-0.2, -0.15) is 0 Å². The van der Waals surface area contributed by atoms with Crippen LogP contribution in [0.2, 0.25) is 0 Å². The number of carboxylic acid groups (broad SMARTS) is 1. The van der Waals surface area contributed by atoms with Gasteiger partial charge in [0.15, 0.2) is 0 Å². The normalized spacial score (nSPS) is 12.4. The second-order valence-electron chi connectivity index (χ2n) is 7.70. The molecule has 2 unspecified atom stereocenters. The first-order valence-corrected chi connectivity index (χ1v) is 11.8. The van der Waals surface area contributed by atoms with Gasteiger partial charge in [0.2, 0.25) is 0 Å². The van der Waals surface area contributed by atoms with Gasteiger partial charge in [-0.25, -0.2) is 0 Å². The number of aliphatic hydroxyl groups is 2. The Morgan fingerprint density at radius 2 is 1.52 bits per heavy atom. The Labute approximate surface area is 212 Å². The molecule has 0 fully saturated rings. The summed E-state index contributed by atoms with van der Waals surface area (Å²) in [6, 6.07) is 0. The molecular formula is C24H45NaO6. The average Bonchev–Trinajstić information content (AvgIpc) is 2.72. The van der Waals surface area contributed by atoms with E-state index in [9.17, 15) is 19.8 Å². The number of carbonyl (C=O) groups is 2. The molecule has 7 heteroatoms. The first kappa shape index (κ1) is 35.2. The third-order valence-corrected chi connectivity index (χ3v) is 4.94. The van der Waals surface area contributed by atoms with Gasteiger partial charge < -0.3 is 24.9 Å². The van der Waals surface area contributed by atoms with Crippen LogP contribution in [0.15, 0.2) is 12.3 Å². The number of aliphatic carboxylic acids is 1. The number of allylic oxidation sites excluding steroid dienone is 1. The Balaban J connectivity index is -0.000000604. The molecule has 0 aromatic carbocycles. The summed E-state index contributed by atoms with van der Waals surface area (Å²) in [5.41, 5.74) is 0. The van der Waals surface area contributed by atoms with E-state index in [-0.39, 0.29) is 61.0 Å². The number of carboxylic acids is 1. The Morgan fingerprint density at radius 3 is 2.00 bits per heavy atom. The molecule has 0 aliphatic rings. The standard InChI is InChI=1S/C16H28O4.C8H18O2.Na/c1-2-3-4-5-6-7-8-9-10-11-14-20-16(19)13-12-15(17)18;1-3-5-8(10)7(4-2)6-9;/h11,14H,2-10,12-13H2,1H3,(H,17,18);7-10H,3-6H2,1-2H3;/q;;+1/p-1. The minimum Gasteiger partial charge on any atom is -0.550 e. The molecule has 0 aliphatic carbocycles. The number of hydrogen-bond acceptors (Lipinski definition) is 6. The van der Waals surface area contributed by atoms with Crippen LogP contribution in [0.5, 0.6) is 0 Å². The van der Waals surface area contributed by atoms with Crippen LogP contribution in [0.3, 0.4) is 0 Å². The predicted molar refractivity (Wildman–Crippen MR) is 118 cm³/mol. The van der Waals surface area contributed by atoms with E-state index in [1.54, 1.807) is 0 Å². The van der Waals surface area contributed by atoms with E-state index in [1.165, 1.54) is 51.2 Å². The van der Waals surface area contributed by atoms with Crippen molar-refractivity contribution in [1.82, 2.24) is 0 Å². The number of ether oxygens (including phenoxy) is 1. The molecule has 0 spiro atoms. The summed E-state index contributed by atoms with van der Waals surface area (Å²) in [4.78, 5) is 21.2. The Morgan fingerprint density at radius 1 is 0.935 bits per heavy atom. The van der Waals surface area contributed by atoms with Crippen molar-refractivity contribution in [3.8, 4) is 0 Å². The van der Waals surface area contributed by atoms with Crippen molar-refractivity contribution in [3.05, 3.63) is 12.3 Å². The Hall–Kier alpha value is -0.400. The Kier molecular flexibility index (Phi) is 31.4. The molecule has 0 heterocycles. The number of esters is 1. The smallest absolute Gasteiger partial charge is 0.550 e. The second-order valence-corrected chi connectivity index (χ2v) is 7.70. The van der Waals surface area contributed by atoms with Gasteiger partial charge in [-0.05, 0) is 38.2 Å². The molecule has 0 bridgehead atoms. The largest absolute Gasteiger partial charge is 1.00 e. The number of carbonyl (C=O) groups excluding carboxylic acids is 2. The topological polar surface area (TPSA) is 107 Å². The molecule has 0 saturated heterocycles. The molecule has 0 aromatic rings. The summed E-state index contributed by atoms with van der Waals surface area (Å²) < 4.78 is 4.75. The zero-order chi connectivity index (χ0) is 23.0. The summed E-state index contributed by atoms with van der Waals surface area (Å²) in [5, 5.41) is 28.2. The fourth-order valence-electron chi connectivity index (χ4n) is 2.91. The molecular weight excluding hydrogens is 407 g/mol. The van der Waals surface area contributed by atoms with Crippen LogP contribution in [-0.2, 0) is 14.3 Å². The zero-order valence-electron chi connectivity index (χ0n) is 20.4. The van der Waals surface area contributed by atoms with Crippen molar-refractivity contribution in [3.63, 3.8) is 0 Å². The molecule has 0 rings (SSSR count). The molecule has 0 aromatic heterocycles. The van der Waals surface area contributed by atoms with E-state index in [2.05, 4.69) is 6.92 Å². The third kappa shape index (κ3) is 27.6. The van der Waals surface area contributed by atoms with Crippen molar-refractivity contribution < 1.29 is 59.2 Å². The molecule has 178 valence electrons. The van der Waals surface area contributed by atoms with Crippen molar-refractivity contribution in [2.75, 3.05) is 6.61 Å². The third-order valence-electron chi connectivity index (χ3n) is 4.94. The molecule has 0 aliphatic heterocycles. The van der Waals surface area contributed by atoms with Gasteiger partial charge in [0.25, 0.3) is 0 Å². The number of unbranched alkanes of at least 4 members (excludes halogenated alkanes) is 8. The summed E-state index contributed by atoms with van der Waals surface area (Å²) in [5.74, 6) is -1.67. The SMILES string of the molecule is CCCC(O)C(CC)CO.CCCCCCCCCCC=COC(=O)CCC(=O)[O-].[Na+]. The van der Waals surface area contributed by atoms with Crippen LogP contribution < -0.4 is 34.7 Å². The van der Waals surface area contributed by atoms with E-state index in [1.807, 2.05) is 19.9 Å². The second kappa shape index (κ2) is 27.6. The van der Waals surface area contributed by atoms with Crippen LogP contribution in [0.4, 0.5) is 0 Å². The fourth-order valence-corrected chi connectivity index (χ4v) is 2.91. The summed E-state index contributed by atoms with van der Waals surface area (Å²) in [6.45, 7) is 6.35. The fraction of sp³-hybridized carbons (Fsp3) is 0.833. The molecule has 2 atom stereocenters. The van der Waals surface area contributed by atoms with Crippen LogP contribution >= 0.6 is 0 Å². The van der Waals surface area contributed by atoms with E-state index >= 15 is 0 Å². The van der Waals surface area contributed by atoms with E-state index in [4.69, 9.17) is 9.84 Å². The zero-order valence-corrected chi connectivity index (χ0v) is 22.4. The van der Waals surface area contributed by atoms with E-state index < -0.39 is 11.9 Å². The number of rotatable bonds is 18. The van der Waals surface area contributed by atoms with Crippen molar-refractivity contribution >= 4 is 11.9 Å². The first-order valence-electron chi connectivity index (χ1n) is 11.8. The minimum absolute atomic E-state index is 0. The van der Waals surface area contributed by atoms with Crippen molar-refractivity contribution in [1.29, 1.82) is 0 Å². The Bertz CT molecular complexity index is 424. The maximum atomic E-state index is 11.0. The summed E-state index contributed by atoms with van der Waals surface area (Å²) in [7, 11) is 0. The van der Waals surface area contributed by atoms with Crippen molar-refractivity contribution in [2.24, 2.45) is 5.92 Å². The molecule has 0 saturated carbocycles. The van der Waals surface area contributed by atoms with Gasteiger partial charge in [-0.1, -0.05) is 72.1 Å². The maximum Gasteiger partial charge on any atom is 1.00 e.